The Balaban J connectivity index is 1.73. The fraction of sp³-hybridized carbons (Fsp3) is 0.0800. The van der Waals surface area contributed by atoms with Gasteiger partial charge in [0.05, 0.1) is 18.2 Å². The Bertz CT molecular complexity index is 1130. The number of nitrogens with one attached hydrogen (secondary N) is 1. The monoisotopic (exact) mass is 363 g/mol. The van der Waals surface area contributed by atoms with E-state index in [1.807, 2.05) is 18.5 Å². The lowest BCUT2D eigenvalue weighted by Crippen LogP contribution is -2.27. The molecular weight excluding hydrogens is 342 g/mol. The lowest BCUT2D eigenvalue weighted by molar-refractivity contribution is 0.331. The molecule has 0 saturated heterocycles. The minimum absolute atomic E-state index is 0.135. The second-order valence-corrected chi connectivity index (χ2v) is 6.97. The molecule has 4 aromatic rings. The standard InChI is InChI=1S/C25H21N3/c1-2-8-19(9-3-1)25(28-17-16-26-18-28)23-11-5-4-10-21(23)20-12-6-14-24-22(20)13-7-15-27-24/h1-17,25-26H,18H2. The van der Waals surface area contributed by atoms with Crippen LogP contribution in [0, 0.1) is 0 Å². The van der Waals surface area contributed by atoms with Crippen molar-refractivity contribution >= 4 is 10.9 Å². The van der Waals surface area contributed by atoms with Crippen LogP contribution in [0.3, 0.4) is 0 Å². The molecule has 28 heavy (non-hydrogen) atoms. The minimum Gasteiger partial charge on any atom is -0.373 e. The summed E-state index contributed by atoms with van der Waals surface area (Å²) in [6, 6.07) is 30.1. The first kappa shape index (κ1) is 16.6. The molecule has 0 aliphatic carbocycles. The highest BCUT2D eigenvalue weighted by atomic mass is 15.3. The first-order valence-corrected chi connectivity index (χ1v) is 9.55. The number of nitrogens with zero attached hydrogens (tertiary/aromatic N) is 2. The maximum atomic E-state index is 4.55. The van der Waals surface area contributed by atoms with Crippen LogP contribution in [0.1, 0.15) is 17.2 Å². The van der Waals surface area contributed by atoms with Crippen LogP contribution in [0.15, 0.2) is 104 Å². The molecule has 0 spiro atoms. The van der Waals surface area contributed by atoms with Crippen LogP contribution in [-0.2, 0) is 0 Å². The zero-order valence-corrected chi connectivity index (χ0v) is 15.5. The molecule has 3 heteroatoms. The smallest absolute Gasteiger partial charge is 0.0876 e. The van der Waals surface area contributed by atoms with Gasteiger partial charge in [0.15, 0.2) is 0 Å². The highest BCUT2D eigenvalue weighted by Crippen LogP contribution is 2.38. The molecule has 1 aromatic heterocycles. The summed E-state index contributed by atoms with van der Waals surface area (Å²) in [5.74, 6) is 0. The molecule has 1 N–H and O–H groups in total. The third kappa shape index (κ3) is 2.91. The summed E-state index contributed by atoms with van der Waals surface area (Å²) in [6.07, 6.45) is 6.00. The number of aromatic nitrogens is 1. The van der Waals surface area contributed by atoms with E-state index in [-0.39, 0.29) is 6.04 Å². The van der Waals surface area contributed by atoms with Gasteiger partial charge >= 0.3 is 0 Å². The van der Waals surface area contributed by atoms with Crippen LogP contribution in [0.4, 0.5) is 0 Å². The number of pyridine rings is 1. The Hall–Kier alpha value is -3.59. The Kier molecular flexibility index (Phi) is 4.26. The van der Waals surface area contributed by atoms with Crippen molar-refractivity contribution in [2.45, 2.75) is 6.04 Å². The third-order valence-electron chi connectivity index (χ3n) is 5.30. The maximum Gasteiger partial charge on any atom is 0.0876 e. The molecule has 1 aliphatic heterocycles. The largest absolute Gasteiger partial charge is 0.373 e. The molecule has 136 valence electrons. The molecular formula is C25H21N3. The first-order chi connectivity index (χ1) is 13.9. The molecule has 1 atom stereocenters. The van der Waals surface area contributed by atoms with Crippen molar-refractivity contribution in [3.05, 3.63) is 115 Å². The fourth-order valence-corrected chi connectivity index (χ4v) is 4.04. The van der Waals surface area contributed by atoms with Crippen molar-refractivity contribution in [3.8, 4) is 11.1 Å². The van der Waals surface area contributed by atoms with Gasteiger partial charge in [-0.15, -0.1) is 0 Å². The summed E-state index contributed by atoms with van der Waals surface area (Å²) >= 11 is 0. The highest BCUT2D eigenvalue weighted by molar-refractivity contribution is 5.95. The number of hydrogen-bond donors (Lipinski definition) is 1. The zero-order valence-electron chi connectivity index (χ0n) is 15.5. The van der Waals surface area contributed by atoms with Crippen LogP contribution in [0.5, 0.6) is 0 Å². The van der Waals surface area contributed by atoms with Crippen molar-refractivity contribution in [2.24, 2.45) is 0 Å². The SMILES string of the molecule is C1=CN(C(c2ccccc2)c2ccccc2-c2cccc3ncccc23)CN1. The normalized spacial score (nSPS) is 14.2. The topological polar surface area (TPSA) is 28.2 Å². The first-order valence-electron chi connectivity index (χ1n) is 9.55. The summed E-state index contributed by atoms with van der Waals surface area (Å²) in [4.78, 5) is 6.89. The Labute approximate surface area is 165 Å². The Morgan fingerprint density at radius 1 is 0.786 bits per heavy atom. The van der Waals surface area contributed by atoms with Crippen LogP contribution in [0.2, 0.25) is 0 Å². The molecule has 1 unspecified atom stereocenters. The van der Waals surface area contributed by atoms with E-state index in [2.05, 4.69) is 100 Å². The summed E-state index contributed by atoms with van der Waals surface area (Å²) < 4.78 is 0. The van der Waals surface area contributed by atoms with Crippen molar-refractivity contribution in [1.82, 2.24) is 15.2 Å². The van der Waals surface area contributed by atoms with E-state index in [0.29, 0.717) is 0 Å². The van der Waals surface area contributed by atoms with Gasteiger partial charge in [0.25, 0.3) is 0 Å². The summed E-state index contributed by atoms with van der Waals surface area (Å²) in [7, 11) is 0. The van der Waals surface area contributed by atoms with Gasteiger partial charge in [-0.2, -0.15) is 0 Å². The minimum atomic E-state index is 0.135. The quantitative estimate of drug-likeness (QED) is 0.531. The second-order valence-electron chi connectivity index (χ2n) is 6.97. The fourth-order valence-electron chi connectivity index (χ4n) is 4.04. The van der Waals surface area contributed by atoms with Crippen molar-refractivity contribution in [2.75, 3.05) is 6.67 Å². The van der Waals surface area contributed by atoms with Gasteiger partial charge in [-0.3, -0.25) is 4.98 Å². The average molecular weight is 363 g/mol. The lowest BCUT2D eigenvalue weighted by Gasteiger charge is -2.30. The van der Waals surface area contributed by atoms with Crippen molar-refractivity contribution < 1.29 is 0 Å². The van der Waals surface area contributed by atoms with Crippen LogP contribution >= 0.6 is 0 Å². The molecule has 2 heterocycles. The van der Waals surface area contributed by atoms with E-state index in [0.717, 1.165) is 12.2 Å². The van der Waals surface area contributed by atoms with Crippen LogP contribution in [-0.4, -0.2) is 16.6 Å². The van der Waals surface area contributed by atoms with E-state index < -0.39 is 0 Å². The number of hydrogen-bond acceptors (Lipinski definition) is 3. The Morgan fingerprint density at radius 2 is 1.61 bits per heavy atom. The van der Waals surface area contributed by atoms with E-state index >= 15 is 0 Å². The van der Waals surface area contributed by atoms with Gasteiger partial charge in [0.2, 0.25) is 0 Å². The predicted molar refractivity (Wildman–Crippen MR) is 114 cm³/mol. The van der Waals surface area contributed by atoms with Gasteiger partial charge in [0, 0.05) is 24.0 Å². The molecule has 3 aromatic carbocycles. The van der Waals surface area contributed by atoms with E-state index in [1.54, 1.807) is 0 Å². The molecule has 1 aliphatic rings. The third-order valence-corrected chi connectivity index (χ3v) is 5.30. The van der Waals surface area contributed by atoms with E-state index in [1.165, 1.54) is 27.6 Å². The van der Waals surface area contributed by atoms with Crippen molar-refractivity contribution in [3.63, 3.8) is 0 Å². The second kappa shape index (κ2) is 7.20. The average Bonchev–Trinajstić information content (AvgIpc) is 3.29. The summed E-state index contributed by atoms with van der Waals surface area (Å²) in [6.45, 7) is 0.797. The molecule has 0 amide bonds. The Morgan fingerprint density at radius 3 is 2.46 bits per heavy atom. The molecule has 3 nitrogen and oxygen atoms in total. The number of fused-ring (bicyclic) bond motifs is 1. The van der Waals surface area contributed by atoms with E-state index in [4.69, 9.17) is 0 Å². The van der Waals surface area contributed by atoms with Gasteiger partial charge in [-0.05, 0) is 34.4 Å². The van der Waals surface area contributed by atoms with Crippen LogP contribution in [0.25, 0.3) is 22.0 Å². The number of rotatable bonds is 4. The molecule has 5 rings (SSSR count). The predicted octanol–water partition coefficient (Wildman–Crippen LogP) is 5.33. The maximum absolute atomic E-state index is 4.55. The lowest BCUT2D eigenvalue weighted by atomic mass is 9.89. The van der Waals surface area contributed by atoms with Gasteiger partial charge < -0.3 is 10.2 Å². The molecule has 0 saturated carbocycles. The van der Waals surface area contributed by atoms with E-state index in [9.17, 15) is 0 Å². The summed E-state index contributed by atoms with van der Waals surface area (Å²) in [5, 5.41) is 4.50. The van der Waals surface area contributed by atoms with Crippen LogP contribution < -0.4 is 5.32 Å². The molecule has 0 fully saturated rings. The van der Waals surface area contributed by atoms with Gasteiger partial charge in [-0.1, -0.05) is 72.8 Å². The summed E-state index contributed by atoms with van der Waals surface area (Å²) in [5.41, 5.74) is 6.06. The number of benzene rings is 3. The van der Waals surface area contributed by atoms with Gasteiger partial charge in [0.1, 0.15) is 0 Å². The highest BCUT2D eigenvalue weighted by Gasteiger charge is 2.24. The van der Waals surface area contributed by atoms with Crippen molar-refractivity contribution in [1.29, 1.82) is 0 Å². The molecule has 0 radical (unpaired) electrons. The van der Waals surface area contributed by atoms with Gasteiger partial charge in [-0.25, -0.2) is 0 Å². The zero-order chi connectivity index (χ0) is 18.8. The molecule has 0 bridgehead atoms.